The number of nitrogens with one attached hydrogen (secondary N) is 3. The van der Waals surface area contributed by atoms with Gasteiger partial charge in [0, 0.05) is 29.5 Å². The molecule has 0 radical (unpaired) electrons. The molecule has 2 saturated heterocycles. The van der Waals surface area contributed by atoms with Gasteiger partial charge in [-0.1, -0.05) is 30.4 Å². The highest BCUT2D eigenvalue weighted by atomic mass is 16.7. The van der Waals surface area contributed by atoms with Crippen LogP contribution in [0.25, 0.3) is 0 Å². The Labute approximate surface area is 243 Å². The zero-order chi connectivity index (χ0) is 29.6. The molecule has 11 nitrogen and oxygen atoms in total. The fourth-order valence-electron chi connectivity index (χ4n) is 5.58. The first-order valence-electron chi connectivity index (χ1n) is 14.2. The summed E-state index contributed by atoms with van der Waals surface area (Å²) in [4.78, 5) is 66.1. The second-order valence-corrected chi connectivity index (χ2v) is 10.5. The maximum Gasteiger partial charge on any atom is 0.310 e. The molecule has 2 aromatic carbocycles. The van der Waals surface area contributed by atoms with Gasteiger partial charge in [-0.3, -0.25) is 24.0 Å². The third kappa shape index (κ3) is 6.52. The second-order valence-electron chi connectivity index (χ2n) is 10.5. The number of esters is 1. The van der Waals surface area contributed by atoms with Crippen LogP contribution < -0.4 is 16.0 Å². The zero-order valence-electron chi connectivity index (χ0n) is 23.3. The van der Waals surface area contributed by atoms with E-state index in [9.17, 15) is 24.0 Å². The van der Waals surface area contributed by atoms with E-state index in [0.717, 1.165) is 0 Å². The van der Waals surface area contributed by atoms with Crippen molar-refractivity contribution in [3.8, 4) is 0 Å². The van der Waals surface area contributed by atoms with Gasteiger partial charge in [0.15, 0.2) is 0 Å². The Hall–Kier alpha value is -4.51. The van der Waals surface area contributed by atoms with Gasteiger partial charge in [-0.25, -0.2) is 0 Å². The topological polar surface area (TPSA) is 143 Å². The first kappa shape index (κ1) is 29.0. The largest absolute Gasteiger partial charge is 0.433 e. The first-order valence-corrected chi connectivity index (χ1v) is 14.2. The van der Waals surface area contributed by atoms with Gasteiger partial charge in [0.2, 0.25) is 18.1 Å². The number of hydrogen-bond acceptors (Lipinski definition) is 7. The van der Waals surface area contributed by atoms with Crippen LogP contribution in [0.15, 0.2) is 66.7 Å². The average Bonchev–Trinajstić information content (AvgIpc) is 3.56. The van der Waals surface area contributed by atoms with Crippen molar-refractivity contribution in [2.75, 3.05) is 11.9 Å². The van der Waals surface area contributed by atoms with Crippen LogP contribution >= 0.6 is 0 Å². The molecular formula is C31H34N4O7. The fraction of sp³-hybridized carbons (Fsp3) is 0.387. The van der Waals surface area contributed by atoms with E-state index in [2.05, 4.69) is 16.0 Å². The number of ether oxygens (including phenoxy) is 2. The van der Waals surface area contributed by atoms with Gasteiger partial charge in [-0.15, -0.1) is 0 Å². The summed E-state index contributed by atoms with van der Waals surface area (Å²) < 4.78 is 10.6. The molecule has 42 heavy (non-hydrogen) atoms. The molecule has 0 saturated carbocycles. The van der Waals surface area contributed by atoms with E-state index < -0.39 is 36.3 Å². The third-order valence-corrected chi connectivity index (χ3v) is 7.67. The highest BCUT2D eigenvalue weighted by molar-refractivity contribution is 6.04. The lowest BCUT2D eigenvalue weighted by atomic mass is 10.0. The summed E-state index contributed by atoms with van der Waals surface area (Å²) in [6.45, 7) is 2.09. The predicted octanol–water partition coefficient (Wildman–Crippen LogP) is 2.54. The first-order chi connectivity index (χ1) is 20.3. The van der Waals surface area contributed by atoms with Crippen LogP contribution in [0.3, 0.4) is 0 Å². The number of fused-ring (bicyclic) bond motifs is 1. The molecule has 2 unspecified atom stereocenters. The van der Waals surface area contributed by atoms with Gasteiger partial charge in [-0.05, 0) is 69.0 Å². The molecule has 11 heteroatoms. The molecule has 5 rings (SSSR count). The Morgan fingerprint density at radius 2 is 1.62 bits per heavy atom. The van der Waals surface area contributed by atoms with E-state index in [4.69, 9.17) is 9.47 Å². The number of carbonyl (C=O) groups excluding carboxylic acids is 5. The summed E-state index contributed by atoms with van der Waals surface area (Å²) in [5, 5.41) is 8.47. The molecule has 2 aromatic rings. The molecule has 4 amide bonds. The van der Waals surface area contributed by atoms with Crippen LogP contribution in [-0.2, 0) is 23.9 Å². The average molecular weight is 575 g/mol. The standard InChI is InChI=1S/C31H34N4O7/c1-2-41-31-24(18-26(36)42-31)34-29(39)25-17-16-22-10-6-7-11-23(30(40)35(22)25)33-28(38)20-12-14-21(15-13-20)32-27(37)19-8-4-3-5-9-19/h3-9,12-15,22-25,31H,2,10-11,16-18H2,1H3,(H,32,37)(H,33,38)(H,34,39)/b7-6-/t22-,23+,24?,25+,31?/m1/s1. The Morgan fingerprint density at radius 3 is 2.36 bits per heavy atom. The Kier molecular flexibility index (Phi) is 8.97. The molecule has 5 atom stereocenters. The van der Waals surface area contributed by atoms with Crippen LogP contribution in [0.4, 0.5) is 5.69 Å². The van der Waals surface area contributed by atoms with Crippen LogP contribution in [-0.4, -0.2) is 71.6 Å². The number of carbonyl (C=O) groups is 5. The summed E-state index contributed by atoms with van der Waals surface area (Å²) in [5.74, 6) is -1.87. The molecule has 3 aliphatic heterocycles. The van der Waals surface area contributed by atoms with Crippen molar-refractivity contribution in [1.82, 2.24) is 15.5 Å². The van der Waals surface area contributed by atoms with Crippen molar-refractivity contribution in [2.24, 2.45) is 0 Å². The number of anilines is 1. The minimum Gasteiger partial charge on any atom is -0.433 e. The molecule has 3 N–H and O–H groups in total. The lowest BCUT2D eigenvalue weighted by Gasteiger charge is -2.34. The Morgan fingerprint density at radius 1 is 0.905 bits per heavy atom. The molecule has 0 bridgehead atoms. The number of nitrogens with zero attached hydrogens (tertiary/aromatic N) is 1. The third-order valence-electron chi connectivity index (χ3n) is 7.67. The van der Waals surface area contributed by atoms with Gasteiger partial charge in [0.25, 0.3) is 11.8 Å². The molecule has 3 aliphatic rings. The van der Waals surface area contributed by atoms with E-state index >= 15 is 0 Å². The van der Waals surface area contributed by atoms with Crippen LogP contribution in [0.1, 0.15) is 59.7 Å². The van der Waals surface area contributed by atoms with Crippen molar-refractivity contribution in [1.29, 1.82) is 0 Å². The Balaban J connectivity index is 1.24. The summed E-state index contributed by atoms with van der Waals surface area (Å²) in [6.07, 6.45) is 4.99. The van der Waals surface area contributed by atoms with Gasteiger partial charge in [0.1, 0.15) is 18.1 Å². The SMILES string of the molecule is CCOC1OC(=O)CC1NC(=O)[C@@H]1CC[C@H]2C/C=C\C[C@H](NC(=O)c3ccc(NC(=O)c4ccccc4)cc3)C(=O)N21. The van der Waals surface area contributed by atoms with E-state index in [-0.39, 0.29) is 36.6 Å². The van der Waals surface area contributed by atoms with Crippen molar-refractivity contribution in [3.63, 3.8) is 0 Å². The summed E-state index contributed by atoms with van der Waals surface area (Å²) in [7, 11) is 0. The number of amides is 4. The summed E-state index contributed by atoms with van der Waals surface area (Å²) in [5.41, 5.74) is 1.37. The zero-order valence-corrected chi connectivity index (χ0v) is 23.3. The van der Waals surface area contributed by atoms with Crippen molar-refractivity contribution < 1.29 is 33.4 Å². The van der Waals surface area contributed by atoms with Gasteiger partial charge in [-0.2, -0.15) is 0 Å². The molecule has 0 spiro atoms. The van der Waals surface area contributed by atoms with E-state index in [0.29, 0.717) is 42.7 Å². The number of hydrogen-bond donors (Lipinski definition) is 3. The van der Waals surface area contributed by atoms with Gasteiger partial charge >= 0.3 is 5.97 Å². The molecule has 220 valence electrons. The number of benzene rings is 2. The van der Waals surface area contributed by atoms with Crippen LogP contribution in [0.2, 0.25) is 0 Å². The van der Waals surface area contributed by atoms with Gasteiger partial charge < -0.3 is 30.3 Å². The predicted molar refractivity (Wildman–Crippen MR) is 152 cm³/mol. The number of cyclic esters (lactones) is 1. The van der Waals surface area contributed by atoms with Crippen LogP contribution in [0.5, 0.6) is 0 Å². The minimum atomic E-state index is -0.866. The Bertz CT molecular complexity index is 1360. The maximum atomic E-state index is 13.8. The summed E-state index contributed by atoms with van der Waals surface area (Å²) in [6, 6.07) is 12.8. The molecule has 3 heterocycles. The quantitative estimate of drug-likeness (QED) is 0.325. The van der Waals surface area contributed by atoms with Crippen LogP contribution in [0, 0.1) is 0 Å². The van der Waals surface area contributed by atoms with E-state index in [1.807, 2.05) is 18.2 Å². The normalized spacial score (nSPS) is 25.9. The number of rotatable bonds is 8. The lowest BCUT2D eigenvalue weighted by molar-refractivity contribution is -0.164. The minimum absolute atomic E-state index is 0.00333. The second kappa shape index (κ2) is 13.0. The fourth-order valence-corrected chi connectivity index (χ4v) is 5.58. The van der Waals surface area contributed by atoms with E-state index in [1.165, 1.54) is 0 Å². The molecule has 2 fully saturated rings. The molecule has 0 aromatic heterocycles. The highest BCUT2D eigenvalue weighted by Gasteiger charge is 2.45. The monoisotopic (exact) mass is 574 g/mol. The van der Waals surface area contributed by atoms with Gasteiger partial charge in [0.05, 0.1) is 6.42 Å². The highest BCUT2D eigenvalue weighted by Crippen LogP contribution is 2.30. The lowest BCUT2D eigenvalue weighted by Crippen LogP contribution is -2.57. The smallest absolute Gasteiger partial charge is 0.310 e. The van der Waals surface area contributed by atoms with E-state index in [1.54, 1.807) is 60.4 Å². The maximum absolute atomic E-state index is 13.8. The van der Waals surface area contributed by atoms with Crippen molar-refractivity contribution in [3.05, 3.63) is 77.9 Å². The van der Waals surface area contributed by atoms with Crippen molar-refractivity contribution in [2.45, 2.75) is 69.5 Å². The summed E-state index contributed by atoms with van der Waals surface area (Å²) >= 11 is 0. The van der Waals surface area contributed by atoms with Crippen molar-refractivity contribution >= 4 is 35.3 Å². The molecular weight excluding hydrogens is 540 g/mol. The molecule has 0 aliphatic carbocycles.